The highest BCUT2D eigenvalue weighted by Crippen LogP contribution is 2.22. The van der Waals surface area contributed by atoms with Crippen LogP contribution in [0.2, 0.25) is 5.02 Å². The summed E-state index contributed by atoms with van der Waals surface area (Å²) in [5.41, 5.74) is 5.08. The van der Waals surface area contributed by atoms with Gasteiger partial charge in [-0.25, -0.2) is 4.79 Å². The zero-order valence-electron chi connectivity index (χ0n) is 9.77. The number of carboxylic acids is 1. The second-order valence-electron chi connectivity index (χ2n) is 3.62. The zero-order chi connectivity index (χ0) is 14.4. The molecule has 1 aromatic rings. The van der Waals surface area contributed by atoms with Gasteiger partial charge in [-0.15, -0.1) is 0 Å². The van der Waals surface area contributed by atoms with Gasteiger partial charge in [0.25, 0.3) is 0 Å². The minimum atomic E-state index is -1.13. The lowest BCUT2D eigenvalue weighted by Crippen LogP contribution is -2.34. The molecule has 0 fully saturated rings. The maximum Gasteiger partial charge on any atom is 0.335 e. The molecule has 0 saturated heterocycles. The Morgan fingerprint density at radius 1 is 1.26 bits per heavy atom. The molecule has 0 atom stereocenters. The monoisotopic (exact) mass is 285 g/mol. The number of rotatable bonds is 6. The Morgan fingerprint density at radius 3 is 2.53 bits per heavy atom. The van der Waals surface area contributed by atoms with E-state index >= 15 is 0 Å². The van der Waals surface area contributed by atoms with Gasteiger partial charge in [0.05, 0.1) is 29.4 Å². The zero-order valence-corrected chi connectivity index (χ0v) is 10.5. The maximum absolute atomic E-state index is 11.5. The molecule has 0 saturated carbocycles. The van der Waals surface area contributed by atoms with Crippen LogP contribution in [0.15, 0.2) is 18.2 Å². The minimum Gasteiger partial charge on any atom is -0.478 e. The van der Waals surface area contributed by atoms with Crippen LogP contribution < -0.4 is 16.4 Å². The fraction of sp³-hybridized carbons (Fsp3) is 0.182. The molecule has 0 aliphatic rings. The van der Waals surface area contributed by atoms with E-state index in [9.17, 15) is 14.4 Å². The fourth-order valence-electron chi connectivity index (χ4n) is 1.25. The topological polar surface area (TPSA) is 122 Å². The fourth-order valence-corrected chi connectivity index (χ4v) is 1.41. The van der Waals surface area contributed by atoms with E-state index in [0.717, 1.165) is 0 Å². The Kier molecular flexibility index (Phi) is 5.28. The Bertz CT molecular complexity index is 519. The Hall–Kier alpha value is -2.12. The lowest BCUT2D eigenvalue weighted by molar-refractivity contribution is -0.117. The molecular formula is C11H12ClN3O4. The molecule has 7 nitrogen and oxygen atoms in total. The molecule has 0 aromatic heterocycles. The molecule has 0 aliphatic carbocycles. The SMILES string of the molecule is NC(=O)CNCC(=O)Nc1cc(C(=O)O)ccc1Cl. The molecule has 8 heteroatoms. The maximum atomic E-state index is 11.5. The van der Waals surface area contributed by atoms with Crippen molar-refractivity contribution in [3.63, 3.8) is 0 Å². The number of hydrogen-bond donors (Lipinski definition) is 4. The summed E-state index contributed by atoms with van der Waals surface area (Å²) < 4.78 is 0. The number of carbonyl (C=O) groups is 3. The third-order valence-electron chi connectivity index (χ3n) is 2.07. The quantitative estimate of drug-likeness (QED) is 0.588. The Morgan fingerprint density at radius 2 is 1.95 bits per heavy atom. The number of halogens is 1. The first-order valence-electron chi connectivity index (χ1n) is 5.22. The van der Waals surface area contributed by atoms with Gasteiger partial charge >= 0.3 is 5.97 Å². The Labute approximate surface area is 113 Å². The van der Waals surface area contributed by atoms with Crippen LogP contribution in [0.3, 0.4) is 0 Å². The van der Waals surface area contributed by atoms with Crippen molar-refractivity contribution in [1.82, 2.24) is 5.32 Å². The van der Waals surface area contributed by atoms with Gasteiger partial charge in [0.2, 0.25) is 11.8 Å². The number of hydrogen-bond acceptors (Lipinski definition) is 4. The molecule has 0 unspecified atom stereocenters. The highest BCUT2D eigenvalue weighted by atomic mass is 35.5. The van der Waals surface area contributed by atoms with Crippen LogP contribution in [-0.4, -0.2) is 36.0 Å². The molecule has 102 valence electrons. The van der Waals surface area contributed by atoms with Crippen LogP contribution in [0.25, 0.3) is 0 Å². The average molecular weight is 286 g/mol. The Balaban J connectivity index is 2.65. The standard InChI is InChI=1S/C11H12ClN3O4/c12-7-2-1-6(11(18)19)3-8(7)15-10(17)5-14-4-9(13)16/h1-3,14H,4-5H2,(H2,13,16)(H,15,17)(H,18,19). The molecule has 0 spiro atoms. The van der Waals surface area contributed by atoms with Gasteiger partial charge in [0.15, 0.2) is 0 Å². The van der Waals surface area contributed by atoms with Crippen LogP contribution in [0, 0.1) is 0 Å². The van der Waals surface area contributed by atoms with Gasteiger partial charge in [-0.05, 0) is 18.2 Å². The van der Waals surface area contributed by atoms with E-state index in [4.69, 9.17) is 22.4 Å². The van der Waals surface area contributed by atoms with Crippen molar-refractivity contribution < 1.29 is 19.5 Å². The second-order valence-corrected chi connectivity index (χ2v) is 4.03. The molecule has 19 heavy (non-hydrogen) atoms. The third-order valence-corrected chi connectivity index (χ3v) is 2.40. The molecule has 0 heterocycles. The molecule has 0 aliphatic heterocycles. The summed E-state index contributed by atoms with van der Waals surface area (Å²) >= 11 is 5.83. The van der Waals surface area contributed by atoms with E-state index < -0.39 is 17.8 Å². The number of nitrogens with two attached hydrogens (primary N) is 1. The number of aromatic carboxylic acids is 1. The molecule has 5 N–H and O–H groups in total. The summed E-state index contributed by atoms with van der Waals surface area (Å²) in [6.45, 7) is -0.271. The van der Waals surface area contributed by atoms with E-state index in [2.05, 4.69) is 10.6 Å². The van der Waals surface area contributed by atoms with Gasteiger partial charge in [0, 0.05) is 0 Å². The van der Waals surface area contributed by atoms with Crippen molar-refractivity contribution in [2.75, 3.05) is 18.4 Å². The van der Waals surface area contributed by atoms with Crippen LogP contribution >= 0.6 is 11.6 Å². The normalized spacial score (nSPS) is 9.95. The van der Waals surface area contributed by atoms with Gasteiger partial charge in [0.1, 0.15) is 0 Å². The molecule has 1 rings (SSSR count). The number of carboxylic acid groups (broad SMARTS) is 1. The number of primary amides is 1. The summed E-state index contributed by atoms with van der Waals surface area (Å²) in [5.74, 6) is -2.18. The summed E-state index contributed by atoms with van der Waals surface area (Å²) in [7, 11) is 0. The largest absolute Gasteiger partial charge is 0.478 e. The minimum absolute atomic E-state index is 0.00444. The van der Waals surface area contributed by atoms with Gasteiger partial charge in [-0.2, -0.15) is 0 Å². The van der Waals surface area contributed by atoms with Crippen LogP contribution in [0.5, 0.6) is 0 Å². The van der Waals surface area contributed by atoms with Crippen molar-refractivity contribution in [2.45, 2.75) is 0 Å². The van der Waals surface area contributed by atoms with Crippen LogP contribution in [0.1, 0.15) is 10.4 Å². The van der Waals surface area contributed by atoms with E-state index in [1.54, 1.807) is 0 Å². The summed E-state index contributed by atoms with van der Waals surface area (Å²) in [5, 5.41) is 14.0. The van der Waals surface area contributed by atoms with Crippen molar-refractivity contribution in [1.29, 1.82) is 0 Å². The summed E-state index contributed by atoms with van der Waals surface area (Å²) in [6.07, 6.45) is 0. The number of nitrogens with one attached hydrogen (secondary N) is 2. The summed E-state index contributed by atoms with van der Waals surface area (Å²) in [6, 6.07) is 3.94. The van der Waals surface area contributed by atoms with Gasteiger partial charge in [-0.1, -0.05) is 11.6 Å². The van der Waals surface area contributed by atoms with Gasteiger partial charge in [-0.3, -0.25) is 14.9 Å². The van der Waals surface area contributed by atoms with Gasteiger partial charge < -0.3 is 16.2 Å². The lowest BCUT2D eigenvalue weighted by Gasteiger charge is -2.08. The van der Waals surface area contributed by atoms with Crippen LogP contribution in [0.4, 0.5) is 5.69 Å². The molecular weight excluding hydrogens is 274 g/mol. The highest BCUT2D eigenvalue weighted by Gasteiger charge is 2.10. The van der Waals surface area contributed by atoms with E-state index in [1.807, 2.05) is 0 Å². The first kappa shape index (κ1) is 14.9. The predicted molar refractivity (Wildman–Crippen MR) is 69.1 cm³/mol. The number of anilines is 1. The first-order chi connectivity index (χ1) is 8.90. The highest BCUT2D eigenvalue weighted by molar-refractivity contribution is 6.33. The first-order valence-corrected chi connectivity index (χ1v) is 5.59. The predicted octanol–water partition coefficient (Wildman–Crippen LogP) is 0.0516. The number of carbonyl (C=O) groups excluding carboxylic acids is 2. The second kappa shape index (κ2) is 6.72. The lowest BCUT2D eigenvalue weighted by atomic mass is 10.2. The van der Waals surface area contributed by atoms with Crippen LogP contribution in [-0.2, 0) is 9.59 Å². The smallest absolute Gasteiger partial charge is 0.335 e. The van der Waals surface area contributed by atoms with Crippen molar-refractivity contribution in [2.24, 2.45) is 5.73 Å². The van der Waals surface area contributed by atoms with E-state index in [-0.39, 0.29) is 29.4 Å². The van der Waals surface area contributed by atoms with Crippen molar-refractivity contribution in [3.05, 3.63) is 28.8 Å². The number of amides is 2. The average Bonchev–Trinajstić information content (AvgIpc) is 2.31. The molecule has 0 radical (unpaired) electrons. The number of benzene rings is 1. The van der Waals surface area contributed by atoms with Crippen molar-refractivity contribution in [3.8, 4) is 0 Å². The molecule has 2 amide bonds. The van der Waals surface area contributed by atoms with E-state index in [1.165, 1.54) is 18.2 Å². The van der Waals surface area contributed by atoms with Crippen molar-refractivity contribution >= 4 is 35.1 Å². The third kappa shape index (κ3) is 4.94. The summed E-state index contributed by atoms with van der Waals surface area (Å²) in [4.78, 5) is 32.7. The van der Waals surface area contributed by atoms with E-state index in [0.29, 0.717) is 0 Å². The molecule has 0 bridgehead atoms. The molecule has 1 aromatic carbocycles.